The largest absolute Gasteiger partial charge is 0.458 e. The van der Waals surface area contributed by atoms with E-state index in [-0.39, 0.29) is 42.0 Å². The normalized spacial score (nSPS) is 27.0. The number of rotatable bonds is 4. The van der Waals surface area contributed by atoms with Gasteiger partial charge in [-0.2, -0.15) is 5.26 Å². The zero-order valence-electron chi connectivity index (χ0n) is 15.9. The first-order chi connectivity index (χ1) is 14.0. The maximum absolute atomic E-state index is 14.7. The molecule has 2 aromatic rings. The van der Waals surface area contributed by atoms with Gasteiger partial charge in [0.15, 0.2) is 5.82 Å². The molecule has 1 aliphatic heterocycles. The second-order valence-corrected chi connectivity index (χ2v) is 7.43. The Morgan fingerprint density at radius 3 is 2.97 bits per heavy atom. The summed E-state index contributed by atoms with van der Waals surface area (Å²) in [5.74, 6) is -1.19. The number of fused-ring (bicyclic) bond motifs is 1. The summed E-state index contributed by atoms with van der Waals surface area (Å²) in [6.07, 6.45) is 1.56. The Labute approximate surface area is 165 Å². The van der Waals surface area contributed by atoms with Crippen molar-refractivity contribution in [1.82, 2.24) is 14.6 Å². The summed E-state index contributed by atoms with van der Waals surface area (Å²) in [6.45, 7) is 2.06. The van der Waals surface area contributed by atoms with Crippen LogP contribution in [-0.2, 0) is 14.3 Å². The average molecular weight is 405 g/mol. The molecule has 154 valence electrons. The van der Waals surface area contributed by atoms with Crippen LogP contribution in [-0.4, -0.2) is 52.1 Å². The topological polar surface area (TPSA) is 102 Å². The number of aromatic nitrogens is 3. The number of esters is 1. The fourth-order valence-corrected chi connectivity index (χ4v) is 4.13. The van der Waals surface area contributed by atoms with Crippen molar-refractivity contribution in [3.63, 3.8) is 0 Å². The summed E-state index contributed by atoms with van der Waals surface area (Å²) in [4.78, 5) is 15.5. The summed E-state index contributed by atoms with van der Waals surface area (Å²) in [5.41, 5.74) is 0.349. The van der Waals surface area contributed by atoms with Gasteiger partial charge in [-0.25, -0.2) is 18.3 Å². The fraction of sp³-hybridized carbons (Fsp3) is 0.579. The lowest BCUT2D eigenvalue weighted by Gasteiger charge is -2.31. The minimum atomic E-state index is -0.966. The molecule has 0 aromatic carbocycles. The van der Waals surface area contributed by atoms with E-state index >= 15 is 0 Å². The number of hydrogen-bond acceptors (Lipinski definition) is 7. The third kappa shape index (κ3) is 3.74. The van der Waals surface area contributed by atoms with Crippen molar-refractivity contribution in [2.45, 2.75) is 56.8 Å². The highest BCUT2D eigenvalue weighted by atomic mass is 19.1. The van der Waals surface area contributed by atoms with E-state index < -0.39 is 24.1 Å². The van der Waals surface area contributed by atoms with Crippen LogP contribution in [0, 0.1) is 17.1 Å². The van der Waals surface area contributed by atoms with Crippen molar-refractivity contribution in [3.8, 4) is 6.07 Å². The minimum Gasteiger partial charge on any atom is -0.458 e. The number of hydrogen-bond donors (Lipinski definition) is 1. The molecule has 3 heterocycles. The molecule has 1 aliphatic carbocycles. The molecule has 4 rings (SSSR count). The van der Waals surface area contributed by atoms with E-state index in [2.05, 4.69) is 15.4 Å². The van der Waals surface area contributed by atoms with Gasteiger partial charge in [-0.1, -0.05) is 0 Å². The lowest BCUT2D eigenvalue weighted by molar-refractivity contribution is -0.153. The van der Waals surface area contributed by atoms with Crippen LogP contribution in [0.2, 0.25) is 0 Å². The molecule has 2 unspecified atom stereocenters. The van der Waals surface area contributed by atoms with Crippen LogP contribution in [0.4, 0.5) is 14.7 Å². The van der Waals surface area contributed by atoms with Crippen LogP contribution in [0.1, 0.15) is 49.8 Å². The number of nitrogens with zero attached hydrogens (tertiary/aromatic N) is 4. The molecule has 0 spiro atoms. The molecule has 2 fully saturated rings. The second-order valence-electron chi connectivity index (χ2n) is 7.43. The van der Waals surface area contributed by atoms with Gasteiger partial charge in [0.05, 0.1) is 24.5 Å². The van der Waals surface area contributed by atoms with Crippen molar-refractivity contribution in [2.75, 3.05) is 18.5 Å². The maximum Gasteiger partial charge on any atom is 0.303 e. The van der Waals surface area contributed by atoms with Crippen molar-refractivity contribution >= 4 is 17.4 Å². The van der Waals surface area contributed by atoms with Crippen molar-refractivity contribution in [2.24, 2.45) is 0 Å². The molecule has 0 amide bonds. The predicted octanol–water partition coefficient (Wildman–Crippen LogP) is 2.48. The molecule has 8 nitrogen and oxygen atoms in total. The number of halogens is 2. The van der Waals surface area contributed by atoms with Crippen molar-refractivity contribution in [3.05, 3.63) is 23.3 Å². The summed E-state index contributed by atoms with van der Waals surface area (Å²) in [5, 5.41) is 17.0. The second kappa shape index (κ2) is 7.91. The Morgan fingerprint density at radius 1 is 1.45 bits per heavy atom. The highest BCUT2D eigenvalue weighted by molar-refractivity contribution is 5.66. The monoisotopic (exact) mass is 405 g/mol. The third-order valence-electron chi connectivity index (χ3n) is 5.46. The molecule has 4 atom stereocenters. The molecular formula is C19H21F2N5O3. The van der Waals surface area contributed by atoms with Gasteiger partial charge in [-0.3, -0.25) is 4.79 Å². The van der Waals surface area contributed by atoms with Crippen LogP contribution in [0.15, 0.2) is 6.20 Å². The molecule has 2 aliphatic rings. The van der Waals surface area contributed by atoms with Crippen LogP contribution < -0.4 is 5.32 Å². The number of nitriles is 1. The zero-order valence-corrected chi connectivity index (χ0v) is 15.9. The molecular weight excluding hydrogens is 384 g/mol. The molecule has 1 N–H and O–H groups in total. The smallest absolute Gasteiger partial charge is 0.303 e. The lowest BCUT2D eigenvalue weighted by Crippen LogP contribution is -2.44. The van der Waals surface area contributed by atoms with E-state index in [1.54, 1.807) is 0 Å². The first-order valence-corrected chi connectivity index (χ1v) is 9.60. The van der Waals surface area contributed by atoms with Crippen LogP contribution in [0.25, 0.3) is 5.52 Å². The van der Waals surface area contributed by atoms with Gasteiger partial charge in [-0.05, 0) is 25.7 Å². The number of alkyl halides is 1. The molecule has 0 radical (unpaired) electrons. The van der Waals surface area contributed by atoms with E-state index in [1.165, 1.54) is 17.6 Å². The first-order valence-electron chi connectivity index (χ1n) is 9.60. The van der Waals surface area contributed by atoms with E-state index in [0.717, 1.165) is 0 Å². The predicted molar refractivity (Wildman–Crippen MR) is 97.5 cm³/mol. The first kappa shape index (κ1) is 19.5. The van der Waals surface area contributed by atoms with Gasteiger partial charge in [0.1, 0.15) is 29.4 Å². The molecule has 1 saturated heterocycles. The van der Waals surface area contributed by atoms with E-state index in [9.17, 15) is 18.8 Å². The SMILES string of the molecule is CC(=O)O[C@@H]1COCC[C@H]1Nc1ncc2c(F)c(C#N)c(C3CCC(F)C3)n2n1. The Morgan fingerprint density at radius 2 is 2.28 bits per heavy atom. The minimum absolute atomic E-state index is 0.0768. The summed E-state index contributed by atoms with van der Waals surface area (Å²) in [7, 11) is 0. The van der Waals surface area contributed by atoms with Crippen LogP contribution >= 0.6 is 0 Å². The van der Waals surface area contributed by atoms with Gasteiger partial charge < -0.3 is 14.8 Å². The molecule has 10 heteroatoms. The molecule has 1 saturated carbocycles. The van der Waals surface area contributed by atoms with Crippen LogP contribution in [0.3, 0.4) is 0 Å². The molecule has 0 bridgehead atoms. The number of anilines is 1. The molecule has 29 heavy (non-hydrogen) atoms. The Bertz CT molecular complexity index is 973. The Kier molecular flexibility index (Phi) is 5.32. The summed E-state index contributed by atoms with van der Waals surface area (Å²) in [6, 6.07) is 1.62. The number of ether oxygens (including phenoxy) is 2. The van der Waals surface area contributed by atoms with Gasteiger partial charge in [0.25, 0.3) is 0 Å². The Balaban J connectivity index is 1.68. The van der Waals surface area contributed by atoms with Crippen LogP contribution in [0.5, 0.6) is 0 Å². The zero-order chi connectivity index (χ0) is 20.5. The maximum atomic E-state index is 14.7. The fourth-order valence-electron chi connectivity index (χ4n) is 4.13. The van der Waals surface area contributed by atoms with E-state index in [1.807, 2.05) is 6.07 Å². The lowest BCUT2D eigenvalue weighted by atomic mass is 10.0. The van der Waals surface area contributed by atoms with Crippen molar-refractivity contribution < 1.29 is 23.0 Å². The van der Waals surface area contributed by atoms with Crippen molar-refractivity contribution in [1.29, 1.82) is 5.26 Å². The standard InChI is InChI=1S/C19H21F2N5O3/c1-10(27)29-16-9-28-5-4-14(16)24-19-23-8-15-17(21)13(7-22)18(26(15)25-19)11-2-3-12(20)6-11/h8,11-12,14,16H,2-6,9H2,1H3,(H,24,25)/t11?,12?,14-,16-/m1/s1. The summed E-state index contributed by atoms with van der Waals surface area (Å²) >= 11 is 0. The highest BCUT2D eigenvalue weighted by Crippen LogP contribution is 2.39. The quantitative estimate of drug-likeness (QED) is 0.780. The third-order valence-corrected chi connectivity index (χ3v) is 5.46. The molecule has 2 aromatic heterocycles. The number of nitrogens with one attached hydrogen (secondary N) is 1. The Hall–Kier alpha value is -2.80. The van der Waals surface area contributed by atoms with E-state index in [4.69, 9.17) is 9.47 Å². The van der Waals surface area contributed by atoms with Gasteiger partial charge in [0.2, 0.25) is 5.95 Å². The summed E-state index contributed by atoms with van der Waals surface area (Å²) < 4.78 is 40.5. The number of carbonyl (C=O) groups excluding carboxylic acids is 1. The average Bonchev–Trinajstić information content (AvgIpc) is 3.23. The van der Waals surface area contributed by atoms with Gasteiger partial charge >= 0.3 is 5.97 Å². The van der Waals surface area contributed by atoms with E-state index in [0.29, 0.717) is 31.6 Å². The van der Waals surface area contributed by atoms with Gasteiger partial charge in [-0.15, -0.1) is 5.10 Å². The van der Waals surface area contributed by atoms with Gasteiger partial charge in [0, 0.05) is 19.4 Å². The number of carbonyl (C=O) groups is 1. The highest BCUT2D eigenvalue weighted by Gasteiger charge is 2.33.